The molecule has 3 N–H and O–H groups in total. The van der Waals surface area contributed by atoms with Crippen molar-refractivity contribution in [1.82, 2.24) is 25.4 Å². The Balaban J connectivity index is 1.45. The number of hydrazine groups is 1. The fourth-order valence-electron chi connectivity index (χ4n) is 2.83. The van der Waals surface area contributed by atoms with Crippen molar-refractivity contribution in [3.05, 3.63) is 76.8 Å². The minimum absolute atomic E-state index is 0.0148. The van der Waals surface area contributed by atoms with E-state index in [9.17, 15) is 14.9 Å². The fourth-order valence-corrected chi connectivity index (χ4v) is 3.49. The van der Waals surface area contributed by atoms with Gasteiger partial charge in [-0.15, -0.1) is 0 Å². The number of hydrogen-bond acceptors (Lipinski definition) is 8. The van der Waals surface area contributed by atoms with Crippen LogP contribution in [0, 0.1) is 11.3 Å². The van der Waals surface area contributed by atoms with Crippen molar-refractivity contribution in [2.75, 3.05) is 11.2 Å². The average molecular weight is 429 g/mol. The maximum Gasteiger partial charge on any atom is 0.270 e. The third kappa shape index (κ3) is 4.52. The SMILES string of the molecule is N#Cc1c(-c2ccccc2)nc(SCC(=O)NNc2ncnc3ccccc23)[nH]c1=O. The first-order valence-corrected chi connectivity index (χ1v) is 10.1. The molecule has 0 aliphatic rings. The fraction of sp³-hybridized carbons (Fsp3) is 0.0476. The van der Waals surface area contributed by atoms with Crippen molar-refractivity contribution in [3.8, 4) is 17.3 Å². The quantitative estimate of drug-likeness (QED) is 0.242. The van der Waals surface area contributed by atoms with Crippen molar-refractivity contribution in [2.45, 2.75) is 5.16 Å². The number of fused-ring (bicyclic) bond motifs is 1. The molecule has 9 nitrogen and oxygen atoms in total. The standard InChI is InChI=1S/C21H15N7O2S/c22-10-15-18(13-6-2-1-3-7-13)25-21(26-20(15)30)31-11-17(29)27-28-19-14-8-4-5-9-16(14)23-12-24-19/h1-9,12H,11H2,(H,27,29)(H,23,24,28)(H,25,26,30). The maximum absolute atomic E-state index is 12.3. The molecule has 0 spiro atoms. The molecule has 10 heteroatoms. The van der Waals surface area contributed by atoms with Gasteiger partial charge in [-0.2, -0.15) is 5.26 Å². The van der Waals surface area contributed by atoms with Gasteiger partial charge in [-0.3, -0.25) is 20.4 Å². The summed E-state index contributed by atoms with van der Waals surface area (Å²) in [6.45, 7) is 0. The molecule has 4 aromatic rings. The molecule has 1 amide bonds. The summed E-state index contributed by atoms with van der Waals surface area (Å²) in [5.74, 6) is 0.111. The van der Waals surface area contributed by atoms with E-state index < -0.39 is 5.56 Å². The summed E-state index contributed by atoms with van der Waals surface area (Å²) < 4.78 is 0. The summed E-state index contributed by atoms with van der Waals surface area (Å²) in [6.07, 6.45) is 1.40. The summed E-state index contributed by atoms with van der Waals surface area (Å²) in [6, 6.07) is 18.2. The van der Waals surface area contributed by atoms with E-state index in [-0.39, 0.29) is 28.1 Å². The molecule has 0 bridgehead atoms. The molecular weight excluding hydrogens is 414 g/mol. The van der Waals surface area contributed by atoms with Crippen LogP contribution in [-0.4, -0.2) is 31.6 Å². The molecule has 0 aliphatic carbocycles. The number of anilines is 1. The van der Waals surface area contributed by atoms with Crippen LogP contribution in [0.5, 0.6) is 0 Å². The van der Waals surface area contributed by atoms with E-state index in [4.69, 9.17) is 0 Å². The van der Waals surface area contributed by atoms with Gasteiger partial charge in [0.05, 0.1) is 17.0 Å². The third-order valence-electron chi connectivity index (χ3n) is 4.26. The van der Waals surface area contributed by atoms with Crippen LogP contribution in [0.25, 0.3) is 22.2 Å². The van der Waals surface area contributed by atoms with Gasteiger partial charge in [-0.1, -0.05) is 54.2 Å². The predicted molar refractivity (Wildman–Crippen MR) is 117 cm³/mol. The number of H-pyrrole nitrogens is 1. The molecule has 31 heavy (non-hydrogen) atoms. The monoisotopic (exact) mass is 429 g/mol. The molecule has 2 aromatic heterocycles. The molecule has 0 saturated carbocycles. The number of benzene rings is 2. The minimum atomic E-state index is -0.551. The van der Waals surface area contributed by atoms with Crippen LogP contribution in [-0.2, 0) is 4.79 Å². The van der Waals surface area contributed by atoms with Gasteiger partial charge in [-0.25, -0.2) is 15.0 Å². The molecule has 0 radical (unpaired) electrons. The Hall–Kier alpha value is -4.23. The lowest BCUT2D eigenvalue weighted by atomic mass is 10.1. The Morgan fingerprint density at radius 1 is 1.10 bits per heavy atom. The number of amides is 1. The Morgan fingerprint density at radius 3 is 2.68 bits per heavy atom. The van der Waals surface area contributed by atoms with E-state index in [2.05, 4.69) is 30.8 Å². The van der Waals surface area contributed by atoms with E-state index in [1.165, 1.54) is 6.33 Å². The van der Waals surface area contributed by atoms with Crippen molar-refractivity contribution < 1.29 is 4.79 Å². The number of nitriles is 1. The van der Waals surface area contributed by atoms with Gasteiger partial charge in [0.2, 0.25) is 5.91 Å². The number of carbonyl (C=O) groups excluding carboxylic acids is 1. The van der Waals surface area contributed by atoms with Gasteiger partial charge < -0.3 is 4.98 Å². The predicted octanol–water partition coefficient (Wildman–Crippen LogP) is 2.49. The van der Waals surface area contributed by atoms with E-state index in [1.54, 1.807) is 24.3 Å². The van der Waals surface area contributed by atoms with Crippen LogP contribution >= 0.6 is 11.8 Å². The van der Waals surface area contributed by atoms with Gasteiger partial charge in [-0.05, 0) is 12.1 Å². The molecule has 0 aliphatic heterocycles. The lowest BCUT2D eigenvalue weighted by molar-refractivity contribution is -0.118. The van der Waals surface area contributed by atoms with Gasteiger partial charge >= 0.3 is 0 Å². The van der Waals surface area contributed by atoms with Gasteiger partial charge in [0.25, 0.3) is 5.56 Å². The third-order valence-corrected chi connectivity index (χ3v) is 5.13. The Bertz CT molecular complexity index is 1340. The molecule has 4 rings (SSSR count). The molecule has 2 heterocycles. The zero-order chi connectivity index (χ0) is 21.6. The minimum Gasteiger partial charge on any atom is -0.300 e. The summed E-state index contributed by atoms with van der Waals surface area (Å²) in [5, 5.41) is 10.3. The number of aromatic amines is 1. The molecule has 0 saturated heterocycles. The van der Waals surface area contributed by atoms with E-state index in [0.717, 1.165) is 22.7 Å². The number of nitrogens with zero attached hydrogens (tertiary/aromatic N) is 4. The number of thioether (sulfide) groups is 1. The van der Waals surface area contributed by atoms with Gasteiger partial charge in [0, 0.05) is 10.9 Å². The summed E-state index contributed by atoms with van der Waals surface area (Å²) in [7, 11) is 0. The normalized spacial score (nSPS) is 10.4. The second kappa shape index (κ2) is 9.06. The first-order valence-electron chi connectivity index (χ1n) is 9.13. The van der Waals surface area contributed by atoms with E-state index in [0.29, 0.717) is 11.4 Å². The number of nitrogens with one attached hydrogen (secondary N) is 3. The lowest BCUT2D eigenvalue weighted by Crippen LogP contribution is -2.31. The summed E-state index contributed by atoms with van der Waals surface area (Å²) in [5.41, 5.74) is 6.41. The largest absolute Gasteiger partial charge is 0.300 e. The van der Waals surface area contributed by atoms with Crippen molar-refractivity contribution >= 4 is 34.4 Å². The highest BCUT2D eigenvalue weighted by atomic mass is 32.2. The highest BCUT2D eigenvalue weighted by Gasteiger charge is 2.14. The molecule has 0 unspecified atom stereocenters. The van der Waals surface area contributed by atoms with Crippen LogP contribution in [0.15, 0.2) is 70.9 Å². The van der Waals surface area contributed by atoms with Crippen LogP contribution in [0.2, 0.25) is 0 Å². The first kappa shape index (κ1) is 20.1. The molecule has 2 aromatic carbocycles. The van der Waals surface area contributed by atoms with Crippen molar-refractivity contribution in [3.63, 3.8) is 0 Å². The molecular formula is C21H15N7O2S. The highest BCUT2D eigenvalue weighted by molar-refractivity contribution is 7.99. The Kier molecular flexibility index (Phi) is 5.86. The number of rotatable bonds is 6. The Morgan fingerprint density at radius 2 is 1.87 bits per heavy atom. The summed E-state index contributed by atoms with van der Waals surface area (Å²) in [4.78, 5) is 39.8. The smallest absolute Gasteiger partial charge is 0.270 e. The van der Waals surface area contributed by atoms with Crippen LogP contribution in [0.1, 0.15) is 5.56 Å². The topological polar surface area (TPSA) is 136 Å². The molecule has 0 fully saturated rings. The van der Waals surface area contributed by atoms with Crippen LogP contribution in [0.4, 0.5) is 5.82 Å². The number of aromatic nitrogens is 4. The van der Waals surface area contributed by atoms with Gasteiger partial charge in [0.15, 0.2) is 11.0 Å². The van der Waals surface area contributed by atoms with E-state index >= 15 is 0 Å². The highest BCUT2D eigenvalue weighted by Crippen LogP contribution is 2.22. The first-order chi connectivity index (χ1) is 15.2. The maximum atomic E-state index is 12.3. The number of hydrogen-bond donors (Lipinski definition) is 3. The zero-order valence-corrected chi connectivity index (χ0v) is 16.8. The van der Waals surface area contributed by atoms with Crippen LogP contribution < -0.4 is 16.4 Å². The van der Waals surface area contributed by atoms with E-state index in [1.807, 2.05) is 36.4 Å². The molecule has 0 atom stereocenters. The Labute approximate surface area is 180 Å². The number of para-hydroxylation sites is 1. The van der Waals surface area contributed by atoms with Crippen molar-refractivity contribution in [1.29, 1.82) is 5.26 Å². The van der Waals surface area contributed by atoms with Gasteiger partial charge in [0.1, 0.15) is 18.0 Å². The average Bonchev–Trinajstić information content (AvgIpc) is 2.81. The lowest BCUT2D eigenvalue weighted by Gasteiger charge is -2.10. The number of carbonyl (C=O) groups is 1. The summed E-state index contributed by atoms with van der Waals surface area (Å²) >= 11 is 1.05. The molecule has 152 valence electrons. The van der Waals surface area contributed by atoms with Crippen LogP contribution in [0.3, 0.4) is 0 Å². The second-order valence-corrected chi connectivity index (χ2v) is 7.24. The second-order valence-electron chi connectivity index (χ2n) is 6.27. The van der Waals surface area contributed by atoms with Crippen molar-refractivity contribution in [2.24, 2.45) is 0 Å². The zero-order valence-electron chi connectivity index (χ0n) is 16.0.